The van der Waals surface area contributed by atoms with E-state index in [0.717, 1.165) is 18.4 Å². The number of benzene rings is 2. The molecule has 112 valence electrons. The Balaban J connectivity index is 1.62. The Hall–Kier alpha value is -2.13. The van der Waals surface area contributed by atoms with Gasteiger partial charge in [-0.25, -0.2) is 4.79 Å². The van der Waals surface area contributed by atoms with Gasteiger partial charge in [-0.15, -0.1) is 0 Å². The summed E-state index contributed by atoms with van der Waals surface area (Å²) in [5.74, 6) is -0.277. The van der Waals surface area contributed by atoms with E-state index in [9.17, 15) is 4.79 Å². The van der Waals surface area contributed by atoms with E-state index >= 15 is 0 Å². The van der Waals surface area contributed by atoms with Crippen LogP contribution in [0.2, 0.25) is 0 Å². The molecule has 0 radical (unpaired) electrons. The van der Waals surface area contributed by atoms with Crippen molar-refractivity contribution in [3.05, 3.63) is 71.8 Å². The van der Waals surface area contributed by atoms with Crippen LogP contribution in [0.15, 0.2) is 60.7 Å². The summed E-state index contributed by atoms with van der Waals surface area (Å²) in [5.41, 5.74) is 0.995. The molecule has 1 aliphatic carbocycles. The second-order valence-electron chi connectivity index (χ2n) is 6.23. The van der Waals surface area contributed by atoms with Crippen molar-refractivity contribution in [2.45, 2.75) is 37.1 Å². The Labute approximate surface area is 129 Å². The maximum atomic E-state index is 12.4. The first-order valence-electron chi connectivity index (χ1n) is 7.67. The van der Waals surface area contributed by atoms with Gasteiger partial charge < -0.3 is 9.47 Å². The van der Waals surface area contributed by atoms with Crippen LogP contribution in [0, 0.1) is 0 Å². The molecule has 0 spiro atoms. The van der Waals surface area contributed by atoms with Crippen LogP contribution in [0.1, 0.15) is 35.7 Å². The smallest absolute Gasteiger partial charge is 0.338 e. The summed E-state index contributed by atoms with van der Waals surface area (Å²) in [5, 5.41) is 0. The molecule has 1 aliphatic heterocycles. The molecule has 0 bridgehead atoms. The SMILES string of the molecule is C[C@]12CC[C@H](OC(=O)c3ccccc3)[C@@]1(c1ccccc1)O2. The van der Waals surface area contributed by atoms with Gasteiger partial charge in [0, 0.05) is 0 Å². The molecule has 1 heterocycles. The fourth-order valence-electron chi connectivity index (χ4n) is 3.73. The standard InChI is InChI=1S/C19H18O3/c1-18-13-12-16(21-17(20)14-8-4-2-5-9-14)19(18,22-18)15-10-6-3-7-11-15/h2-11,16H,12-13H2,1H3/t16-,18-,19+/m0/s1. The minimum absolute atomic E-state index is 0.212. The number of esters is 1. The average Bonchev–Trinajstić information content (AvgIpc) is 3.11. The summed E-state index contributed by atoms with van der Waals surface area (Å²) in [7, 11) is 0. The van der Waals surface area contributed by atoms with E-state index < -0.39 is 5.60 Å². The molecule has 0 amide bonds. The van der Waals surface area contributed by atoms with Crippen LogP contribution >= 0.6 is 0 Å². The van der Waals surface area contributed by atoms with Crippen molar-refractivity contribution in [1.82, 2.24) is 0 Å². The molecule has 2 fully saturated rings. The van der Waals surface area contributed by atoms with Crippen LogP contribution in [0.4, 0.5) is 0 Å². The molecular formula is C19H18O3. The normalized spacial score (nSPS) is 32.3. The van der Waals surface area contributed by atoms with Crippen molar-refractivity contribution in [2.75, 3.05) is 0 Å². The molecular weight excluding hydrogens is 276 g/mol. The summed E-state index contributed by atoms with van der Waals surface area (Å²) in [6.07, 6.45) is 1.52. The lowest BCUT2D eigenvalue weighted by Gasteiger charge is -2.21. The molecule has 0 unspecified atom stereocenters. The summed E-state index contributed by atoms with van der Waals surface area (Å²) < 4.78 is 11.9. The van der Waals surface area contributed by atoms with E-state index in [1.54, 1.807) is 12.1 Å². The van der Waals surface area contributed by atoms with Gasteiger partial charge in [0.25, 0.3) is 0 Å². The number of ether oxygens (including phenoxy) is 2. The van der Waals surface area contributed by atoms with Gasteiger partial charge in [0.05, 0.1) is 5.56 Å². The summed E-state index contributed by atoms with van der Waals surface area (Å²) in [4.78, 5) is 12.4. The molecule has 1 saturated heterocycles. The second-order valence-corrected chi connectivity index (χ2v) is 6.23. The van der Waals surface area contributed by atoms with Crippen LogP contribution in [0.25, 0.3) is 0 Å². The third kappa shape index (κ3) is 1.82. The van der Waals surface area contributed by atoms with Crippen molar-refractivity contribution in [2.24, 2.45) is 0 Å². The van der Waals surface area contributed by atoms with Gasteiger partial charge in [0.15, 0.2) is 5.60 Å². The molecule has 2 aromatic carbocycles. The van der Waals surface area contributed by atoms with E-state index in [2.05, 4.69) is 19.1 Å². The number of fused-ring (bicyclic) bond motifs is 1. The summed E-state index contributed by atoms with van der Waals surface area (Å²) in [6, 6.07) is 19.2. The topological polar surface area (TPSA) is 38.8 Å². The van der Waals surface area contributed by atoms with E-state index in [0.29, 0.717) is 5.56 Å². The third-order valence-electron chi connectivity index (χ3n) is 4.93. The van der Waals surface area contributed by atoms with Gasteiger partial charge in [0.2, 0.25) is 0 Å². The minimum Gasteiger partial charge on any atom is -0.455 e. The van der Waals surface area contributed by atoms with Gasteiger partial charge in [-0.05, 0) is 37.5 Å². The first kappa shape index (κ1) is 13.5. The first-order valence-corrected chi connectivity index (χ1v) is 7.67. The monoisotopic (exact) mass is 294 g/mol. The summed E-state index contributed by atoms with van der Waals surface area (Å²) >= 11 is 0. The predicted octanol–water partition coefficient (Wildman–Crippen LogP) is 3.69. The zero-order valence-corrected chi connectivity index (χ0v) is 12.5. The zero-order chi connectivity index (χ0) is 15.2. The molecule has 3 atom stereocenters. The molecule has 2 aromatic rings. The van der Waals surface area contributed by atoms with Crippen LogP contribution in [-0.2, 0) is 15.1 Å². The van der Waals surface area contributed by atoms with Crippen LogP contribution in [0.5, 0.6) is 0 Å². The van der Waals surface area contributed by atoms with Crippen molar-refractivity contribution in [3.8, 4) is 0 Å². The number of carbonyl (C=O) groups is 1. The molecule has 3 nitrogen and oxygen atoms in total. The minimum atomic E-state index is -0.474. The molecule has 3 heteroatoms. The van der Waals surface area contributed by atoms with Gasteiger partial charge in [-0.1, -0.05) is 48.5 Å². The van der Waals surface area contributed by atoms with E-state index in [-0.39, 0.29) is 17.7 Å². The fraction of sp³-hybridized carbons (Fsp3) is 0.316. The quantitative estimate of drug-likeness (QED) is 0.640. The largest absolute Gasteiger partial charge is 0.455 e. The number of rotatable bonds is 3. The fourth-order valence-corrected chi connectivity index (χ4v) is 3.73. The Kier molecular flexibility index (Phi) is 2.88. The maximum Gasteiger partial charge on any atom is 0.338 e. The van der Waals surface area contributed by atoms with E-state index in [1.807, 2.05) is 36.4 Å². The Bertz CT molecular complexity index is 697. The molecule has 1 saturated carbocycles. The molecule has 4 rings (SSSR count). The highest BCUT2D eigenvalue weighted by Gasteiger charge is 2.76. The van der Waals surface area contributed by atoms with Crippen LogP contribution < -0.4 is 0 Å². The second kappa shape index (κ2) is 4.68. The number of hydrogen-bond donors (Lipinski definition) is 0. The lowest BCUT2D eigenvalue weighted by atomic mass is 9.88. The van der Waals surface area contributed by atoms with Crippen LogP contribution in [-0.4, -0.2) is 17.7 Å². The molecule has 0 aromatic heterocycles. The lowest BCUT2D eigenvalue weighted by molar-refractivity contribution is 0.000628. The Morgan fingerprint density at radius 2 is 1.73 bits per heavy atom. The van der Waals surface area contributed by atoms with Crippen molar-refractivity contribution in [3.63, 3.8) is 0 Å². The molecule has 2 aliphatic rings. The highest BCUT2D eigenvalue weighted by atomic mass is 16.7. The van der Waals surface area contributed by atoms with Crippen molar-refractivity contribution in [1.29, 1.82) is 0 Å². The third-order valence-corrected chi connectivity index (χ3v) is 4.93. The van der Waals surface area contributed by atoms with Crippen LogP contribution in [0.3, 0.4) is 0 Å². The predicted molar refractivity (Wildman–Crippen MR) is 82.5 cm³/mol. The highest BCUT2D eigenvalue weighted by molar-refractivity contribution is 5.89. The molecule has 22 heavy (non-hydrogen) atoms. The van der Waals surface area contributed by atoms with Crippen molar-refractivity contribution < 1.29 is 14.3 Å². The van der Waals surface area contributed by atoms with Gasteiger partial charge in [-0.2, -0.15) is 0 Å². The van der Waals surface area contributed by atoms with Gasteiger partial charge in [0.1, 0.15) is 11.7 Å². The molecule has 0 N–H and O–H groups in total. The average molecular weight is 294 g/mol. The van der Waals surface area contributed by atoms with Gasteiger partial charge >= 0.3 is 5.97 Å². The van der Waals surface area contributed by atoms with Crippen molar-refractivity contribution >= 4 is 5.97 Å². The maximum absolute atomic E-state index is 12.4. The zero-order valence-electron chi connectivity index (χ0n) is 12.5. The van der Waals surface area contributed by atoms with Gasteiger partial charge in [-0.3, -0.25) is 0 Å². The van der Waals surface area contributed by atoms with E-state index in [4.69, 9.17) is 9.47 Å². The Morgan fingerprint density at radius 1 is 1.09 bits per heavy atom. The Morgan fingerprint density at radius 3 is 2.36 bits per heavy atom. The number of epoxide rings is 1. The first-order chi connectivity index (χ1) is 10.7. The lowest BCUT2D eigenvalue weighted by Crippen LogP contribution is -2.31. The van der Waals surface area contributed by atoms with E-state index in [1.165, 1.54) is 0 Å². The highest BCUT2D eigenvalue weighted by Crippen LogP contribution is 2.66. The number of hydrogen-bond acceptors (Lipinski definition) is 3. The summed E-state index contributed by atoms with van der Waals surface area (Å²) in [6.45, 7) is 2.11. The number of carbonyl (C=O) groups excluding carboxylic acids is 1.